The lowest BCUT2D eigenvalue weighted by Crippen LogP contribution is -2.36. The SMILES string of the molecule is O=C(NCC(O)COc1ccccc1)OCC1c2ccccc2-c2ccccc21. The van der Waals surface area contributed by atoms with Crippen molar-refractivity contribution in [2.24, 2.45) is 0 Å². The van der Waals surface area contributed by atoms with Crippen LogP contribution < -0.4 is 10.1 Å². The second-order valence-electron chi connectivity index (χ2n) is 6.98. The van der Waals surface area contributed by atoms with E-state index in [2.05, 4.69) is 29.6 Å². The number of amides is 1. The van der Waals surface area contributed by atoms with E-state index in [0.29, 0.717) is 5.75 Å². The van der Waals surface area contributed by atoms with Gasteiger partial charge in [-0.15, -0.1) is 0 Å². The molecule has 0 heterocycles. The highest BCUT2D eigenvalue weighted by atomic mass is 16.5. The summed E-state index contributed by atoms with van der Waals surface area (Å²) in [4.78, 5) is 12.1. The molecule has 1 unspecified atom stereocenters. The number of rotatable bonds is 7. The van der Waals surface area contributed by atoms with Crippen molar-refractivity contribution in [2.75, 3.05) is 19.8 Å². The van der Waals surface area contributed by atoms with Gasteiger partial charge < -0.3 is 19.9 Å². The van der Waals surface area contributed by atoms with E-state index in [1.54, 1.807) is 0 Å². The van der Waals surface area contributed by atoms with Gasteiger partial charge in [-0.3, -0.25) is 0 Å². The molecule has 29 heavy (non-hydrogen) atoms. The standard InChI is InChI=1S/C24H23NO4/c26-17(15-28-18-8-2-1-3-9-18)14-25-24(27)29-16-23-21-12-6-4-10-19(21)20-11-5-7-13-22(20)23/h1-13,17,23,26H,14-16H2,(H,25,27). The number of ether oxygens (including phenoxy) is 2. The third-order valence-electron chi connectivity index (χ3n) is 5.01. The largest absolute Gasteiger partial charge is 0.491 e. The van der Waals surface area contributed by atoms with Crippen molar-refractivity contribution < 1.29 is 19.4 Å². The number of aliphatic hydroxyl groups excluding tert-OH is 1. The molecule has 0 spiro atoms. The number of carbonyl (C=O) groups excluding carboxylic acids is 1. The fraction of sp³-hybridized carbons (Fsp3) is 0.208. The molecule has 5 heteroatoms. The van der Waals surface area contributed by atoms with Crippen molar-refractivity contribution in [1.82, 2.24) is 5.32 Å². The van der Waals surface area contributed by atoms with E-state index in [-0.39, 0.29) is 25.7 Å². The van der Waals surface area contributed by atoms with Crippen molar-refractivity contribution in [3.8, 4) is 16.9 Å². The van der Waals surface area contributed by atoms with Crippen LogP contribution in [0.2, 0.25) is 0 Å². The van der Waals surface area contributed by atoms with Crippen molar-refractivity contribution in [3.63, 3.8) is 0 Å². The number of nitrogens with one attached hydrogen (secondary N) is 1. The molecule has 0 fully saturated rings. The van der Waals surface area contributed by atoms with Gasteiger partial charge in [0.2, 0.25) is 0 Å². The van der Waals surface area contributed by atoms with Gasteiger partial charge in [-0.25, -0.2) is 4.79 Å². The molecule has 0 aliphatic heterocycles. The topological polar surface area (TPSA) is 67.8 Å². The molecular weight excluding hydrogens is 366 g/mol. The Hall–Kier alpha value is -3.31. The van der Waals surface area contributed by atoms with Crippen molar-refractivity contribution in [2.45, 2.75) is 12.0 Å². The van der Waals surface area contributed by atoms with E-state index < -0.39 is 12.2 Å². The summed E-state index contributed by atoms with van der Waals surface area (Å²) in [6.07, 6.45) is -1.37. The van der Waals surface area contributed by atoms with Gasteiger partial charge >= 0.3 is 6.09 Å². The third-order valence-corrected chi connectivity index (χ3v) is 5.01. The molecule has 0 radical (unpaired) electrons. The lowest BCUT2D eigenvalue weighted by Gasteiger charge is -2.16. The zero-order valence-corrected chi connectivity index (χ0v) is 16.0. The minimum atomic E-state index is -0.823. The first kappa shape index (κ1) is 19.0. The molecule has 3 aromatic carbocycles. The Kier molecular flexibility index (Phi) is 5.77. The number of benzene rings is 3. The molecule has 0 saturated carbocycles. The minimum absolute atomic E-state index is 0.0134. The molecule has 148 valence electrons. The Morgan fingerprint density at radius 1 is 0.897 bits per heavy atom. The average Bonchev–Trinajstić information content (AvgIpc) is 3.09. The van der Waals surface area contributed by atoms with Gasteiger partial charge in [-0.05, 0) is 34.4 Å². The highest BCUT2D eigenvalue weighted by Gasteiger charge is 2.29. The monoisotopic (exact) mass is 389 g/mol. The van der Waals surface area contributed by atoms with Crippen LogP contribution in [0.4, 0.5) is 4.79 Å². The molecule has 1 aliphatic rings. The Morgan fingerprint density at radius 2 is 1.48 bits per heavy atom. The number of hydrogen-bond acceptors (Lipinski definition) is 4. The molecular formula is C24H23NO4. The molecule has 2 N–H and O–H groups in total. The molecule has 0 saturated heterocycles. The van der Waals surface area contributed by atoms with Gasteiger partial charge in [0.05, 0.1) is 6.54 Å². The number of hydrogen-bond donors (Lipinski definition) is 2. The van der Waals surface area contributed by atoms with Crippen molar-refractivity contribution >= 4 is 6.09 Å². The molecule has 0 aromatic heterocycles. The van der Waals surface area contributed by atoms with Crippen LogP contribution in [0.5, 0.6) is 5.75 Å². The first-order valence-corrected chi connectivity index (χ1v) is 9.67. The summed E-state index contributed by atoms with van der Waals surface area (Å²) in [6.45, 7) is 0.396. The van der Waals surface area contributed by atoms with Crippen LogP contribution in [0.1, 0.15) is 17.0 Å². The van der Waals surface area contributed by atoms with Gasteiger partial charge in [-0.1, -0.05) is 66.7 Å². The second-order valence-corrected chi connectivity index (χ2v) is 6.98. The van der Waals surface area contributed by atoms with Gasteiger partial charge in [0.25, 0.3) is 0 Å². The molecule has 1 amide bonds. The molecule has 0 bridgehead atoms. The molecule has 4 rings (SSSR count). The maximum Gasteiger partial charge on any atom is 0.407 e. The first-order valence-electron chi connectivity index (χ1n) is 9.67. The number of aliphatic hydroxyl groups is 1. The van der Waals surface area contributed by atoms with E-state index in [0.717, 1.165) is 11.1 Å². The Bertz CT molecular complexity index is 928. The highest BCUT2D eigenvalue weighted by molar-refractivity contribution is 5.79. The summed E-state index contributed by atoms with van der Waals surface area (Å²) >= 11 is 0. The third kappa shape index (κ3) is 4.41. The normalized spacial score (nSPS) is 13.3. The summed E-state index contributed by atoms with van der Waals surface area (Å²) in [5.74, 6) is 0.687. The number of para-hydroxylation sites is 1. The van der Waals surface area contributed by atoms with Crippen LogP contribution in [0.15, 0.2) is 78.9 Å². The lowest BCUT2D eigenvalue weighted by molar-refractivity contribution is 0.0974. The van der Waals surface area contributed by atoms with E-state index >= 15 is 0 Å². The second kappa shape index (κ2) is 8.80. The van der Waals surface area contributed by atoms with Crippen LogP contribution >= 0.6 is 0 Å². The van der Waals surface area contributed by atoms with Gasteiger partial charge in [0, 0.05) is 5.92 Å². The smallest absolute Gasteiger partial charge is 0.407 e. The van der Waals surface area contributed by atoms with E-state index in [4.69, 9.17) is 9.47 Å². The van der Waals surface area contributed by atoms with Crippen molar-refractivity contribution in [3.05, 3.63) is 90.0 Å². The Labute approximate surface area is 169 Å². The maximum absolute atomic E-state index is 12.1. The summed E-state index contributed by atoms with van der Waals surface area (Å²) in [6, 6.07) is 25.6. The van der Waals surface area contributed by atoms with Crippen LogP contribution in [0.25, 0.3) is 11.1 Å². The predicted octanol–water partition coefficient (Wildman–Crippen LogP) is 3.97. The lowest BCUT2D eigenvalue weighted by atomic mass is 9.98. The van der Waals surface area contributed by atoms with Gasteiger partial charge in [0.15, 0.2) is 0 Å². The fourth-order valence-corrected chi connectivity index (χ4v) is 3.62. The van der Waals surface area contributed by atoms with Crippen LogP contribution in [-0.2, 0) is 4.74 Å². The van der Waals surface area contributed by atoms with Crippen molar-refractivity contribution in [1.29, 1.82) is 0 Å². The Morgan fingerprint density at radius 3 is 2.14 bits per heavy atom. The molecule has 1 aliphatic carbocycles. The maximum atomic E-state index is 12.1. The average molecular weight is 389 g/mol. The fourth-order valence-electron chi connectivity index (χ4n) is 3.62. The van der Waals surface area contributed by atoms with Gasteiger partial charge in [0.1, 0.15) is 25.1 Å². The van der Waals surface area contributed by atoms with E-state index in [1.807, 2.05) is 54.6 Å². The van der Waals surface area contributed by atoms with Crippen LogP contribution in [0.3, 0.4) is 0 Å². The molecule has 5 nitrogen and oxygen atoms in total. The zero-order valence-electron chi connectivity index (χ0n) is 16.0. The summed E-state index contributed by atoms with van der Waals surface area (Å²) in [5, 5.41) is 12.6. The van der Waals surface area contributed by atoms with E-state index in [9.17, 15) is 9.90 Å². The highest BCUT2D eigenvalue weighted by Crippen LogP contribution is 2.44. The summed E-state index contributed by atoms with van der Waals surface area (Å²) in [7, 11) is 0. The number of alkyl carbamates (subject to hydrolysis) is 1. The number of fused-ring (bicyclic) bond motifs is 3. The van der Waals surface area contributed by atoms with Crippen LogP contribution in [-0.4, -0.2) is 37.1 Å². The predicted molar refractivity (Wildman–Crippen MR) is 111 cm³/mol. The zero-order chi connectivity index (χ0) is 20.1. The van der Waals surface area contributed by atoms with Gasteiger partial charge in [-0.2, -0.15) is 0 Å². The quantitative estimate of drug-likeness (QED) is 0.642. The first-order chi connectivity index (χ1) is 14.2. The molecule has 1 atom stereocenters. The molecule has 3 aromatic rings. The Balaban J connectivity index is 1.28. The minimum Gasteiger partial charge on any atom is -0.491 e. The van der Waals surface area contributed by atoms with Crippen LogP contribution in [0, 0.1) is 0 Å². The summed E-state index contributed by atoms with van der Waals surface area (Å²) in [5.41, 5.74) is 4.70. The van der Waals surface area contributed by atoms with E-state index in [1.165, 1.54) is 11.1 Å². The summed E-state index contributed by atoms with van der Waals surface area (Å²) < 4.78 is 10.9. The number of carbonyl (C=O) groups is 1.